The van der Waals surface area contributed by atoms with Crippen LogP contribution in [-0.2, 0) is 6.54 Å². The summed E-state index contributed by atoms with van der Waals surface area (Å²) in [5.41, 5.74) is 12.5. The van der Waals surface area contributed by atoms with Crippen molar-refractivity contribution in [2.45, 2.75) is 6.54 Å². The van der Waals surface area contributed by atoms with Crippen LogP contribution < -0.4 is 0 Å². The fourth-order valence-electron chi connectivity index (χ4n) is 1.91. The van der Waals surface area contributed by atoms with Crippen LogP contribution in [0.1, 0.15) is 16.8 Å². The molecule has 0 fully saturated rings. The summed E-state index contributed by atoms with van der Waals surface area (Å²) < 4.78 is 0. The van der Waals surface area contributed by atoms with Crippen molar-refractivity contribution in [3.63, 3.8) is 0 Å². The Morgan fingerprint density at radius 3 is 2.53 bits per heavy atom. The van der Waals surface area contributed by atoms with Crippen LogP contribution in [0.5, 0.6) is 0 Å². The first-order valence-electron chi connectivity index (χ1n) is 6.08. The average Bonchev–Trinajstić information content (AvgIpc) is 2.40. The predicted molar refractivity (Wildman–Crippen MR) is 74.9 cm³/mol. The molecule has 0 unspecified atom stereocenters. The molecule has 4 heteroatoms. The van der Waals surface area contributed by atoms with Crippen molar-refractivity contribution >= 4 is 5.71 Å². The standard InChI is InChI=1S/C15H16N4/c1-19(2)11-14-10-13(8-9-17-14)15(18-16)12-6-4-3-5-7-12/h3-10H,11H2,1-2H3. The maximum atomic E-state index is 9.26. The highest BCUT2D eigenvalue weighted by molar-refractivity contribution is 6.09. The molecule has 4 nitrogen and oxygen atoms in total. The van der Waals surface area contributed by atoms with Crippen molar-refractivity contribution in [1.29, 1.82) is 0 Å². The second kappa shape index (κ2) is 6.05. The molecular weight excluding hydrogens is 236 g/mol. The van der Waals surface area contributed by atoms with Crippen LogP contribution in [0.25, 0.3) is 5.53 Å². The van der Waals surface area contributed by atoms with Gasteiger partial charge in [-0.3, -0.25) is 4.98 Å². The molecule has 0 N–H and O–H groups in total. The van der Waals surface area contributed by atoms with Crippen molar-refractivity contribution in [3.8, 4) is 0 Å². The van der Waals surface area contributed by atoms with E-state index in [0.717, 1.165) is 23.4 Å². The third kappa shape index (κ3) is 3.35. The first-order valence-corrected chi connectivity index (χ1v) is 6.08. The third-order valence-electron chi connectivity index (χ3n) is 2.72. The highest BCUT2D eigenvalue weighted by atomic mass is 15.1. The number of benzene rings is 1. The van der Waals surface area contributed by atoms with E-state index in [-0.39, 0.29) is 0 Å². The molecule has 0 atom stereocenters. The molecule has 0 spiro atoms. The zero-order chi connectivity index (χ0) is 13.7. The molecular formula is C15H16N4. The summed E-state index contributed by atoms with van der Waals surface area (Å²) in [6, 6.07) is 13.4. The number of nitrogens with zero attached hydrogens (tertiary/aromatic N) is 4. The van der Waals surface area contributed by atoms with Gasteiger partial charge in [0, 0.05) is 12.7 Å². The van der Waals surface area contributed by atoms with Crippen LogP contribution in [-0.4, -0.2) is 34.5 Å². The molecule has 2 rings (SSSR count). The molecule has 1 heterocycles. The molecule has 1 aromatic carbocycles. The second-order valence-electron chi connectivity index (χ2n) is 4.59. The summed E-state index contributed by atoms with van der Waals surface area (Å²) in [7, 11) is 3.99. The van der Waals surface area contributed by atoms with Crippen molar-refractivity contribution < 1.29 is 4.79 Å². The molecule has 0 saturated carbocycles. The Bertz CT molecular complexity index is 599. The summed E-state index contributed by atoms with van der Waals surface area (Å²) >= 11 is 0. The van der Waals surface area contributed by atoms with Gasteiger partial charge in [-0.15, -0.1) is 0 Å². The van der Waals surface area contributed by atoms with Gasteiger partial charge in [0.15, 0.2) is 0 Å². The van der Waals surface area contributed by atoms with E-state index in [4.69, 9.17) is 0 Å². The molecule has 0 aliphatic rings. The van der Waals surface area contributed by atoms with Gasteiger partial charge in [-0.2, -0.15) is 4.79 Å². The average molecular weight is 252 g/mol. The second-order valence-corrected chi connectivity index (χ2v) is 4.59. The van der Waals surface area contributed by atoms with Crippen LogP contribution in [0.4, 0.5) is 0 Å². The van der Waals surface area contributed by atoms with Crippen molar-refractivity contribution in [1.82, 2.24) is 9.88 Å². The van der Waals surface area contributed by atoms with E-state index in [1.807, 2.05) is 61.5 Å². The molecule has 0 aliphatic heterocycles. The SMILES string of the molecule is CN(C)Cc1cc(C(=[N+]=[N-])c2ccccc2)ccn1. The van der Waals surface area contributed by atoms with Crippen LogP contribution in [0.3, 0.4) is 0 Å². The van der Waals surface area contributed by atoms with Crippen LogP contribution in [0.2, 0.25) is 0 Å². The molecule has 19 heavy (non-hydrogen) atoms. The van der Waals surface area contributed by atoms with Gasteiger partial charge in [-0.05, 0) is 38.4 Å². The van der Waals surface area contributed by atoms with Crippen molar-refractivity contribution in [2.75, 3.05) is 14.1 Å². The quantitative estimate of drug-likeness (QED) is 0.476. The fourth-order valence-corrected chi connectivity index (χ4v) is 1.91. The molecule has 96 valence electrons. The Morgan fingerprint density at radius 1 is 1.16 bits per heavy atom. The van der Waals surface area contributed by atoms with Crippen molar-refractivity contribution in [2.24, 2.45) is 0 Å². The summed E-state index contributed by atoms with van der Waals surface area (Å²) in [5, 5.41) is 0. The zero-order valence-corrected chi connectivity index (χ0v) is 11.1. The van der Waals surface area contributed by atoms with Gasteiger partial charge in [-0.1, -0.05) is 18.2 Å². The fraction of sp³-hybridized carbons (Fsp3) is 0.200. The van der Waals surface area contributed by atoms with E-state index in [1.165, 1.54) is 0 Å². The van der Waals surface area contributed by atoms with Crippen molar-refractivity contribution in [3.05, 3.63) is 71.0 Å². The molecule has 0 amide bonds. The van der Waals surface area contributed by atoms with Gasteiger partial charge in [0.25, 0.3) is 0 Å². The van der Waals surface area contributed by atoms with E-state index in [1.54, 1.807) is 6.20 Å². The molecule has 0 radical (unpaired) electrons. The number of hydrogen-bond donors (Lipinski definition) is 0. The number of aromatic nitrogens is 1. The molecule has 1 aromatic heterocycles. The van der Waals surface area contributed by atoms with E-state index >= 15 is 0 Å². The maximum absolute atomic E-state index is 9.26. The van der Waals surface area contributed by atoms with Gasteiger partial charge < -0.3 is 10.4 Å². The van der Waals surface area contributed by atoms with Gasteiger partial charge >= 0.3 is 5.71 Å². The lowest BCUT2D eigenvalue weighted by Gasteiger charge is -2.08. The first kappa shape index (κ1) is 13.1. The van der Waals surface area contributed by atoms with Crippen LogP contribution in [0, 0.1) is 0 Å². The lowest BCUT2D eigenvalue weighted by molar-refractivity contribution is -0.00280. The Kier molecular flexibility index (Phi) is 4.18. The lowest BCUT2D eigenvalue weighted by Crippen LogP contribution is -2.13. The third-order valence-corrected chi connectivity index (χ3v) is 2.72. The minimum Gasteiger partial charge on any atom is -0.361 e. The van der Waals surface area contributed by atoms with Gasteiger partial charge in [-0.25, -0.2) is 0 Å². The summed E-state index contributed by atoms with van der Waals surface area (Å²) in [5.74, 6) is 0. The summed E-state index contributed by atoms with van der Waals surface area (Å²) in [6.07, 6.45) is 1.74. The summed E-state index contributed by atoms with van der Waals surface area (Å²) in [4.78, 5) is 9.78. The topological polar surface area (TPSA) is 52.5 Å². The normalized spacial score (nSPS) is 10.3. The number of rotatable bonds is 4. The minimum atomic E-state index is 0.558. The Hall–Kier alpha value is -2.29. The van der Waals surface area contributed by atoms with E-state index < -0.39 is 0 Å². The monoisotopic (exact) mass is 252 g/mol. The lowest BCUT2D eigenvalue weighted by atomic mass is 10.0. The smallest absolute Gasteiger partial charge is 0.329 e. The van der Waals surface area contributed by atoms with E-state index in [9.17, 15) is 5.53 Å². The molecule has 0 saturated heterocycles. The van der Waals surface area contributed by atoms with Gasteiger partial charge in [0.1, 0.15) is 0 Å². The molecule has 0 bridgehead atoms. The Morgan fingerprint density at radius 2 is 1.89 bits per heavy atom. The largest absolute Gasteiger partial charge is 0.361 e. The van der Waals surface area contributed by atoms with E-state index in [2.05, 4.69) is 9.77 Å². The summed E-state index contributed by atoms with van der Waals surface area (Å²) in [6.45, 7) is 0.751. The maximum Gasteiger partial charge on any atom is 0.329 e. The molecule has 0 aliphatic carbocycles. The first-order chi connectivity index (χ1) is 9.20. The van der Waals surface area contributed by atoms with Crippen LogP contribution >= 0.6 is 0 Å². The molecule has 2 aromatic rings. The van der Waals surface area contributed by atoms with E-state index in [0.29, 0.717) is 5.71 Å². The van der Waals surface area contributed by atoms with Crippen LogP contribution in [0.15, 0.2) is 48.7 Å². The van der Waals surface area contributed by atoms with Gasteiger partial charge in [0.2, 0.25) is 0 Å². The van der Waals surface area contributed by atoms with Gasteiger partial charge in [0.05, 0.1) is 16.8 Å². The Balaban J connectivity index is 2.38. The predicted octanol–water partition coefficient (Wildman–Crippen LogP) is 2.21. The number of pyridine rings is 1. The highest BCUT2D eigenvalue weighted by Crippen LogP contribution is 2.10. The zero-order valence-electron chi connectivity index (χ0n) is 11.1. The Labute approximate surface area is 113 Å². The minimum absolute atomic E-state index is 0.558. The number of hydrogen-bond acceptors (Lipinski definition) is 2. The highest BCUT2D eigenvalue weighted by Gasteiger charge is 2.15.